The molecule has 0 aliphatic heterocycles. The molecule has 12 heavy (non-hydrogen) atoms. The van der Waals surface area contributed by atoms with Crippen molar-refractivity contribution in [3.63, 3.8) is 0 Å². The van der Waals surface area contributed by atoms with Crippen molar-refractivity contribution in [1.82, 2.24) is 5.32 Å². The van der Waals surface area contributed by atoms with E-state index in [1.807, 2.05) is 6.92 Å². The molecular weight excluding hydrogens is 154 g/mol. The summed E-state index contributed by atoms with van der Waals surface area (Å²) in [4.78, 5) is 0. The Kier molecular flexibility index (Phi) is 8.88. The Morgan fingerprint density at radius 2 is 2.00 bits per heavy atom. The molecule has 0 bridgehead atoms. The van der Waals surface area contributed by atoms with Crippen molar-refractivity contribution in [3.8, 4) is 0 Å². The SMILES string of the molecule is CCC(O)CNCCCCCO. The summed E-state index contributed by atoms with van der Waals surface area (Å²) in [5.74, 6) is 0. The van der Waals surface area contributed by atoms with Crippen molar-refractivity contribution in [2.45, 2.75) is 38.7 Å². The van der Waals surface area contributed by atoms with Gasteiger partial charge in [0.1, 0.15) is 0 Å². The molecule has 0 aromatic rings. The zero-order chi connectivity index (χ0) is 9.23. The minimum atomic E-state index is -0.206. The third-order valence-electron chi connectivity index (χ3n) is 1.86. The van der Waals surface area contributed by atoms with Gasteiger partial charge in [0.05, 0.1) is 6.10 Å². The molecule has 0 heterocycles. The van der Waals surface area contributed by atoms with E-state index in [9.17, 15) is 0 Å². The quantitative estimate of drug-likeness (QED) is 0.471. The highest BCUT2D eigenvalue weighted by Crippen LogP contribution is 1.92. The lowest BCUT2D eigenvalue weighted by Crippen LogP contribution is -2.26. The molecule has 0 aromatic carbocycles. The molecule has 0 radical (unpaired) electrons. The predicted octanol–water partition coefficient (Wildman–Crippen LogP) is 0.509. The summed E-state index contributed by atoms with van der Waals surface area (Å²) in [7, 11) is 0. The molecule has 0 spiro atoms. The van der Waals surface area contributed by atoms with Crippen molar-refractivity contribution in [3.05, 3.63) is 0 Å². The summed E-state index contributed by atoms with van der Waals surface area (Å²) in [5, 5.41) is 20.8. The highest BCUT2D eigenvalue weighted by atomic mass is 16.3. The van der Waals surface area contributed by atoms with Gasteiger partial charge in [-0.05, 0) is 32.2 Å². The molecule has 3 N–H and O–H groups in total. The van der Waals surface area contributed by atoms with Crippen LogP contribution in [-0.2, 0) is 0 Å². The van der Waals surface area contributed by atoms with Crippen molar-refractivity contribution in [1.29, 1.82) is 0 Å². The lowest BCUT2D eigenvalue weighted by molar-refractivity contribution is 0.167. The third kappa shape index (κ3) is 7.98. The molecule has 0 aromatic heterocycles. The number of unbranched alkanes of at least 4 members (excludes halogenated alkanes) is 2. The molecule has 0 aliphatic rings. The second-order valence-corrected chi connectivity index (χ2v) is 3.05. The molecule has 0 rings (SSSR count). The second kappa shape index (κ2) is 8.97. The van der Waals surface area contributed by atoms with Crippen LogP contribution in [0.25, 0.3) is 0 Å². The van der Waals surface area contributed by atoms with E-state index in [-0.39, 0.29) is 12.7 Å². The molecule has 74 valence electrons. The van der Waals surface area contributed by atoms with E-state index in [0.29, 0.717) is 6.54 Å². The Balaban J connectivity index is 2.90. The molecule has 0 saturated heterocycles. The van der Waals surface area contributed by atoms with Crippen LogP contribution in [0, 0.1) is 0 Å². The average molecular weight is 175 g/mol. The highest BCUT2D eigenvalue weighted by molar-refractivity contribution is 4.56. The standard InChI is InChI=1S/C9H21NO2/c1-2-9(12)8-10-6-4-3-5-7-11/h9-12H,2-8H2,1H3. The van der Waals surface area contributed by atoms with Crippen LogP contribution in [0.4, 0.5) is 0 Å². The first-order chi connectivity index (χ1) is 5.81. The van der Waals surface area contributed by atoms with Gasteiger partial charge < -0.3 is 15.5 Å². The lowest BCUT2D eigenvalue weighted by Gasteiger charge is -2.08. The first-order valence-corrected chi connectivity index (χ1v) is 4.81. The van der Waals surface area contributed by atoms with Gasteiger partial charge in [-0.1, -0.05) is 6.92 Å². The van der Waals surface area contributed by atoms with E-state index in [2.05, 4.69) is 5.32 Å². The van der Waals surface area contributed by atoms with E-state index in [1.165, 1.54) is 0 Å². The van der Waals surface area contributed by atoms with E-state index in [0.717, 1.165) is 32.2 Å². The maximum Gasteiger partial charge on any atom is 0.0662 e. The Labute approximate surface area is 74.8 Å². The van der Waals surface area contributed by atoms with Crippen molar-refractivity contribution >= 4 is 0 Å². The van der Waals surface area contributed by atoms with Crippen LogP contribution in [0.5, 0.6) is 0 Å². The van der Waals surface area contributed by atoms with E-state index < -0.39 is 0 Å². The van der Waals surface area contributed by atoms with Crippen molar-refractivity contribution in [2.24, 2.45) is 0 Å². The lowest BCUT2D eigenvalue weighted by atomic mass is 10.2. The van der Waals surface area contributed by atoms with E-state index in [4.69, 9.17) is 10.2 Å². The van der Waals surface area contributed by atoms with Crippen LogP contribution < -0.4 is 5.32 Å². The summed E-state index contributed by atoms with van der Waals surface area (Å²) in [6.45, 7) is 3.89. The van der Waals surface area contributed by atoms with Gasteiger partial charge in [0.15, 0.2) is 0 Å². The number of nitrogens with one attached hydrogen (secondary N) is 1. The number of hydrogen-bond acceptors (Lipinski definition) is 3. The van der Waals surface area contributed by atoms with Gasteiger partial charge in [-0.2, -0.15) is 0 Å². The fourth-order valence-corrected chi connectivity index (χ4v) is 0.952. The Hall–Kier alpha value is -0.120. The summed E-state index contributed by atoms with van der Waals surface area (Å²) in [5.41, 5.74) is 0. The fourth-order valence-electron chi connectivity index (χ4n) is 0.952. The molecule has 1 unspecified atom stereocenters. The van der Waals surface area contributed by atoms with E-state index >= 15 is 0 Å². The molecular formula is C9H21NO2. The molecule has 3 nitrogen and oxygen atoms in total. The van der Waals surface area contributed by atoms with Crippen LogP contribution in [-0.4, -0.2) is 36.0 Å². The first-order valence-electron chi connectivity index (χ1n) is 4.81. The van der Waals surface area contributed by atoms with Gasteiger partial charge in [0.2, 0.25) is 0 Å². The van der Waals surface area contributed by atoms with Crippen LogP contribution in [0.1, 0.15) is 32.6 Å². The Morgan fingerprint density at radius 3 is 2.58 bits per heavy atom. The summed E-state index contributed by atoms with van der Waals surface area (Å²) in [6, 6.07) is 0. The topological polar surface area (TPSA) is 52.5 Å². The summed E-state index contributed by atoms with van der Waals surface area (Å²) < 4.78 is 0. The maximum atomic E-state index is 9.16. The maximum absolute atomic E-state index is 9.16. The molecule has 3 heteroatoms. The van der Waals surface area contributed by atoms with Crippen molar-refractivity contribution in [2.75, 3.05) is 19.7 Å². The molecule has 0 saturated carbocycles. The van der Waals surface area contributed by atoms with Crippen LogP contribution in [0.2, 0.25) is 0 Å². The van der Waals surface area contributed by atoms with Gasteiger partial charge in [-0.25, -0.2) is 0 Å². The Bertz CT molecular complexity index is 88.6. The third-order valence-corrected chi connectivity index (χ3v) is 1.86. The van der Waals surface area contributed by atoms with Gasteiger partial charge >= 0.3 is 0 Å². The first kappa shape index (κ1) is 11.9. The zero-order valence-electron chi connectivity index (χ0n) is 7.92. The van der Waals surface area contributed by atoms with E-state index in [1.54, 1.807) is 0 Å². The van der Waals surface area contributed by atoms with Crippen LogP contribution in [0.15, 0.2) is 0 Å². The zero-order valence-corrected chi connectivity index (χ0v) is 7.92. The van der Waals surface area contributed by atoms with Crippen LogP contribution >= 0.6 is 0 Å². The minimum Gasteiger partial charge on any atom is -0.396 e. The number of aliphatic hydroxyl groups is 2. The monoisotopic (exact) mass is 175 g/mol. The van der Waals surface area contributed by atoms with Gasteiger partial charge in [0.25, 0.3) is 0 Å². The molecule has 0 aliphatic carbocycles. The minimum absolute atomic E-state index is 0.206. The largest absolute Gasteiger partial charge is 0.396 e. The van der Waals surface area contributed by atoms with Crippen LogP contribution in [0.3, 0.4) is 0 Å². The second-order valence-electron chi connectivity index (χ2n) is 3.05. The Morgan fingerprint density at radius 1 is 1.25 bits per heavy atom. The summed E-state index contributed by atoms with van der Waals surface area (Å²) >= 11 is 0. The smallest absolute Gasteiger partial charge is 0.0662 e. The molecule has 1 atom stereocenters. The fraction of sp³-hybridized carbons (Fsp3) is 1.00. The average Bonchev–Trinajstić information content (AvgIpc) is 2.10. The normalized spacial score (nSPS) is 13.2. The highest BCUT2D eigenvalue weighted by Gasteiger charge is 1.97. The molecule has 0 amide bonds. The van der Waals surface area contributed by atoms with Gasteiger partial charge in [0, 0.05) is 13.2 Å². The predicted molar refractivity (Wildman–Crippen MR) is 50.1 cm³/mol. The molecule has 0 fully saturated rings. The number of rotatable bonds is 8. The van der Waals surface area contributed by atoms with Gasteiger partial charge in [-0.15, -0.1) is 0 Å². The number of aliphatic hydroxyl groups excluding tert-OH is 2. The van der Waals surface area contributed by atoms with Gasteiger partial charge in [-0.3, -0.25) is 0 Å². The van der Waals surface area contributed by atoms with Crippen molar-refractivity contribution < 1.29 is 10.2 Å². The number of hydrogen-bond donors (Lipinski definition) is 3. The summed E-state index contributed by atoms with van der Waals surface area (Å²) in [6.07, 6.45) is 3.63.